The highest BCUT2D eigenvalue weighted by molar-refractivity contribution is 8.13. The Morgan fingerprint density at radius 1 is 1.32 bits per heavy atom. The van der Waals surface area contributed by atoms with Crippen molar-refractivity contribution in [3.05, 3.63) is 52.6 Å². The molecule has 0 spiro atoms. The fourth-order valence-corrected chi connectivity index (χ4v) is 6.35. The summed E-state index contributed by atoms with van der Waals surface area (Å²) in [4.78, 5) is 35.1. The van der Waals surface area contributed by atoms with Gasteiger partial charge in [0.1, 0.15) is 12.3 Å². The van der Waals surface area contributed by atoms with Crippen molar-refractivity contribution < 1.29 is 33.4 Å². The normalized spacial score (nSPS) is 22.7. The van der Waals surface area contributed by atoms with Crippen molar-refractivity contribution in [2.24, 2.45) is 11.3 Å². The van der Waals surface area contributed by atoms with Crippen molar-refractivity contribution in [1.29, 1.82) is 0 Å². The lowest BCUT2D eigenvalue weighted by molar-refractivity contribution is -0.119. The van der Waals surface area contributed by atoms with Crippen molar-refractivity contribution in [2.45, 2.75) is 45.8 Å². The number of aliphatic hydroxyl groups excluding tert-OH is 2. The topological polar surface area (TPSA) is 204 Å². The van der Waals surface area contributed by atoms with E-state index in [0.29, 0.717) is 0 Å². The largest absolute Gasteiger partial charge is 0.405 e. The maximum Gasteiger partial charge on any atom is 0.405 e. The number of nitrogens with zero attached hydrogens (tertiary/aromatic N) is 3. The number of benzene rings is 1. The SMILES string of the molecule is CC1C(O)C(COP(=O)(NCc2ccccc2)OCCSC(=O)C(C)(C)CO)OC1n1cnc2c(=O)[nH]c(N)nc21. The minimum atomic E-state index is -3.93. The number of carbonyl (C=O) groups is 1. The van der Waals surface area contributed by atoms with Gasteiger partial charge in [-0.25, -0.2) is 14.6 Å². The standard InChI is InChI=1S/C25H35N6O8PS/c1-15-19(33)17(39-22(15)31-14-27-18-20(31)29-24(26)30-21(18)34)12-38-40(36,28-11-16-7-5-4-6-8-16)37-9-10-41-23(35)25(2,3)13-32/h4-8,14-15,17,19,22,32-33H,9-13H2,1-3H3,(H,28,36)(H3,26,29,30,34). The van der Waals surface area contributed by atoms with Gasteiger partial charge in [-0.05, 0) is 19.4 Å². The number of aromatic amines is 1. The highest BCUT2D eigenvalue weighted by atomic mass is 32.2. The van der Waals surface area contributed by atoms with Gasteiger partial charge < -0.3 is 20.7 Å². The van der Waals surface area contributed by atoms with Crippen LogP contribution in [-0.2, 0) is 29.7 Å². The van der Waals surface area contributed by atoms with E-state index in [1.807, 2.05) is 30.3 Å². The Balaban J connectivity index is 1.43. The fourth-order valence-electron chi connectivity index (χ4n) is 4.11. The summed E-state index contributed by atoms with van der Waals surface area (Å²) in [6.07, 6.45) is -1.29. The second-order valence-corrected chi connectivity index (χ2v) is 13.2. The van der Waals surface area contributed by atoms with Crippen molar-refractivity contribution in [1.82, 2.24) is 24.6 Å². The molecule has 3 heterocycles. The fraction of sp³-hybridized carbons (Fsp3) is 0.520. The number of nitrogens with two attached hydrogens (primary N) is 1. The molecule has 0 aliphatic carbocycles. The van der Waals surface area contributed by atoms with E-state index in [9.17, 15) is 24.4 Å². The molecule has 0 amide bonds. The molecule has 41 heavy (non-hydrogen) atoms. The third-order valence-electron chi connectivity index (χ3n) is 6.66. The zero-order valence-corrected chi connectivity index (χ0v) is 24.6. The first-order chi connectivity index (χ1) is 19.4. The van der Waals surface area contributed by atoms with E-state index in [0.717, 1.165) is 17.3 Å². The molecule has 14 nitrogen and oxygen atoms in total. The quantitative estimate of drug-likeness (QED) is 0.139. The molecular weight excluding hydrogens is 575 g/mol. The number of aromatic nitrogens is 4. The van der Waals surface area contributed by atoms with E-state index >= 15 is 0 Å². The van der Waals surface area contributed by atoms with Crippen molar-refractivity contribution in [3.8, 4) is 0 Å². The molecule has 0 radical (unpaired) electrons. The summed E-state index contributed by atoms with van der Waals surface area (Å²) in [5.41, 5.74) is 5.41. The minimum Gasteiger partial charge on any atom is -0.395 e. The molecular formula is C25H35N6O8PS. The van der Waals surface area contributed by atoms with Crippen LogP contribution in [0.1, 0.15) is 32.6 Å². The number of anilines is 1. The Kier molecular flexibility index (Phi) is 10.0. The van der Waals surface area contributed by atoms with Crippen LogP contribution in [0.4, 0.5) is 5.95 Å². The number of nitrogen functional groups attached to an aromatic ring is 1. The first-order valence-corrected chi connectivity index (χ1v) is 15.5. The van der Waals surface area contributed by atoms with E-state index in [1.54, 1.807) is 20.8 Å². The zero-order chi connectivity index (χ0) is 29.8. The average Bonchev–Trinajstić information content (AvgIpc) is 3.49. The molecule has 1 aliphatic heterocycles. The van der Waals surface area contributed by atoms with Gasteiger partial charge in [0, 0.05) is 18.2 Å². The lowest BCUT2D eigenvalue weighted by Crippen LogP contribution is -2.30. The van der Waals surface area contributed by atoms with Gasteiger partial charge in [0.2, 0.25) is 5.95 Å². The van der Waals surface area contributed by atoms with Gasteiger partial charge >= 0.3 is 7.75 Å². The van der Waals surface area contributed by atoms with Crippen LogP contribution in [0.15, 0.2) is 41.5 Å². The Morgan fingerprint density at radius 2 is 2.05 bits per heavy atom. The van der Waals surface area contributed by atoms with E-state index < -0.39 is 43.1 Å². The van der Waals surface area contributed by atoms with Gasteiger partial charge in [0.15, 0.2) is 16.3 Å². The summed E-state index contributed by atoms with van der Waals surface area (Å²) >= 11 is 0.968. The highest BCUT2D eigenvalue weighted by Crippen LogP contribution is 2.46. The first kappa shape index (κ1) is 31.3. The Bertz CT molecular complexity index is 1450. The van der Waals surface area contributed by atoms with Crippen LogP contribution < -0.4 is 16.4 Å². The molecule has 1 aliphatic rings. The number of thioether (sulfide) groups is 1. The van der Waals surface area contributed by atoms with E-state index in [2.05, 4.69) is 20.0 Å². The minimum absolute atomic E-state index is 0.0749. The molecule has 1 aromatic carbocycles. The van der Waals surface area contributed by atoms with Gasteiger partial charge in [0.25, 0.3) is 5.56 Å². The second-order valence-electron chi connectivity index (χ2n) is 10.3. The molecule has 5 unspecified atom stereocenters. The van der Waals surface area contributed by atoms with Crippen LogP contribution in [0.2, 0.25) is 0 Å². The van der Waals surface area contributed by atoms with Crippen LogP contribution in [0.5, 0.6) is 0 Å². The maximum atomic E-state index is 13.7. The van der Waals surface area contributed by atoms with Crippen molar-refractivity contribution in [2.75, 3.05) is 31.3 Å². The number of imidazole rings is 1. The van der Waals surface area contributed by atoms with Crippen LogP contribution in [0.3, 0.4) is 0 Å². The monoisotopic (exact) mass is 610 g/mol. The summed E-state index contributed by atoms with van der Waals surface area (Å²) in [5, 5.41) is 22.9. The first-order valence-electron chi connectivity index (χ1n) is 13.0. The van der Waals surface area contributed by atoms with Crippen LogP contribution in [-0.4, -0.2) is 72.6 Å². The third-order valence-corrected chi connectivity index (χ3v) is 9.40. The Hall–Kier alpha value is -2.62. The molecule has 2 aromatic heterocycles. The van der Waals surface area contributed by atoms with E-state index in [-0.39, 0.29) is 54.3 Å². The van der Waals surface area contributed by atoms with Crippen molar-refractivity contribution in [3.63, 3.8) is 0 Å². The molecule has 6 N–H and O–H groups in total. The van der Waals surface area contributed by atoms with Gasteiger partial charge in [-0.1, -0.05) is 49.0 Å². The molecule has 5 atom stereocenters. The average molecular weight is 611 g/mol. The van der Waals surface area contributed by atoms with Crippen LogP contribution >= 0.6 is 19.5 Å². The summed E-state index contributed by atoms with van der Waals surface area (Å²) < 4.78 is 32.6. The number of fused-ring (bicyclic) bond motifs is 1. The molecule has 224 valence electrons. The summed E-state index contributed by atoms with van der Waals surface area (Å²) in [7, 11) is -3.93. The predicted octanol–water partition coefficient (Wildman–Crippen LogP) is 1.81. The van der Waals surface area contributed by atoms with E-state index in [1.165, 1.54) is 10.9 Å². The molecule has 0 bridgehead atoms. The van der Waals surface area contributed by atoms with Gasteiger partial charge in [-0.3, -0.25) is 28.2 Å². The van der Waals surface area contributed by atoms with Crippen LogP contribution in [0.25, 0.3) is 11.2 Å². The van der Waals surface area contributed by atoms with Crippen molar-refractivity contribution >= 4 is 41.7 Å². The lowest BCUT2D eigenvalue weighted by Gasteiger charge is -2.23. The van der Waals surface area contributed by atoms with E-state index in [4.69, 9.17) is 19.5 Å². The number of carbonyl (C=O) groups excluding carboxylic acids is 1. The lowest BCUT2D eigenvalue weighted by atomic mass is 9.97. The Morgan fingerprint density at radius 3 is 2.76 bits per heavy atom. The number of nitrogens with one attached hydrogen (secondary N) is 2. The molecule has 4 rings (SSSR count). The summed E-state index contributed by atoms with van der Waals surface area (Å²) in [6.45, 7) is 4.55. The number of H-pyrrole nitrogens is 1. The Labute approximate surface area is 240 Å². The van der Waals surface area contributed by atoms with Gasteiger partial charge in [0.05, 0.1) is 37.7 Å². The number of hydrogen-bond acceptors (Lipinski definition) is 12. The highest BCUT2D eigenvalue weighted by Gasteiger charge is 2.44. The third kappa shape index (κ3) is 7.43. The summed E-state index contributed by atoms with van der Waals surface area (Å²) in [6, 6.07) is 9.24. The number of rotatable bonds is 13. The number of aliphatic hydroxyl groups is 2. The maximum absolute atomic E-state index is 13.7. The van der Waals surface area contributed by atoms with Gasteiger partial charge in [-0.2, -0.15) is 4.98 Å². The molecule has 0 saturated carbocycles. The zero-order valence-electron chi connectivity index (χ0n) is 22.9. The molecule has 1 saturated heterocycles. The molecule has 16 heteroatoms. The molecule has 1 fully saturated rings. The summed E-state index contributed by atoms with van der Waals surface area (Å²) in [5.74, 6) is -0.372. The smallest absolute Gasteiger partial charge is 0.395 e. The van der Waals surface area contributed by atoms with Crippen LogP contribution in [0, 0.1) is 11.3 Å². The predicted molar refractivity (Wildman–Crippen MR) is 153 cm³/mol. The number of hydrogen-bond donors (Lipinski definition) is 5. The molecule has 3 aromatic rings. The second kappa shape index (κ2) is 13.1. The van der Waals surface area contributed by atoms with Gasteiger partial charge in [-0.15, -0.1) is 0 Å². The number of ether oxygens (including phenoxy) is 1.